The van der Waals surface area contributed by atoms with Crippen LogP contribution in [-0.4, -0.2) is 29.8 Å². The molecule has 0 saturated carbocycles. The number of alkyl halides is 1. The molecule has 2 nitrogen and oxygen atoms in total. The summed E-state index contributed by atoms with van der Waals surface area (Å²) in [5.41, 5.74) is 3.64. The third-order valence-corrected chi connectivity index (χ3v) is 6.07. The molecule has 1 fully saturated rings. The van der Waals surface area contributed by atoms with Crippen LogP contribution >= 0.6 is 0 Å². The van der Waals surface area contributed by atoms with Crippen molar-refractivity contribution in [3.63, 3.8) is 0 Å². The molecule has 1 atom stereocenters. The first-order valence-corrected chi connectivity index (χ1v) is 9.60. The highest BCUT2D eigenvalue weighted by atomic mass is 19.1. The lowest BCUT2D eigenvalue weighted by Gasteiger charge is -2.42. The molecule has 0 bridgehead atoms. The summed E-state index contributed by atoms with van der Waals surface area (Å²) >= 11 is 0. The SMILES string of the molecule is CCC(F)c1ccc2c(c1)C1(CCN(C(C)C)CC1)C(=O)C=C(C)C2. The number of ketones is 1. The zero-order chi connectivity index (χ0) is 18.2. The van der Waals surface area contributed by atoms with Crippen molar-refractivity contribution in [2.24, 2.45) is 0 Å². The van der Waals surface area contributed by atoms with E-state index in [0.29, 0.717) is 12.5 Å². The Hall–Kier alpha value is -1.48. The molecule has 1 aromatic rings. The van der Waals surface area contributed by atoms with Crippen molar-refractivity contribution in [1.82, 2.24) is 4.90 Å². The fraction of sp³-hybridized carbons (Fsp3) is 0.591. The van der Waals surface area contributed by atoms with Crippen LogP contribution in [0.1, 0.15) is 69.8 Å². The van der Waals surface area contributed by atoms with E-state index in [2.05, 4.69) is 24.8 Å². The Balaban J connectivity index is 2.07. The smallest absolute Gasteiger partial charge is 0.166 e. The minimum Gasteiger partial charge on any atom is -0.301 e. The van der Waals surface area contributed by atoms with Crippen LogP contribution < -0.4 is 0 Å². The number of rotatable bonds is 3. The Morgan fingerprint density at radius 3 is 2.52 bits per heavy atom. The molecule has 1 aliphatic heterocycles. The maximum Gasteiger partial charge on any atom is 0.166 e. The van der Waals surface area contributed by atoms with E-state index in [1.807, 2.05) is 32.1 Å². The number of fused-ring (bicyclic) bond motifs is 2. The molecule has 136 valence electrons. The lowest BCUT2D eigenvalue weighted by molar-refractivity contribution is -0.121. The van der Waals surface area contributed by atoms with E-state index >= 15 is 0 Å². The molecule has 3 heteroatoms. The third kappa shape index (κ3) is 3.31. The maximum atomic E-state index is 14.3. The Bertz CT molecular complexity index is 683. The summed E-state index contributed by atoms with van der Waals surface area (Å²) in [6.45, 7) is 10.2. The van der Waals surface area contributed by atoms with E-state index in [1.54, 1.807) is 0 Å². The number of benzene rings is 1. The standard InChI is InChI=1S/C22H30FNO/c1-5-20(23)18-7-6-17-12-16(4)13-21(25)22(19(17)14-18)8-10-24(11-9-22)15(2)3/h6-7,13-15,20H,5,8-12H2,1-4H3. The predicted octanol–water partition coefficient (Wildman–Crippen LogP) is 4.92. The van der Waals surface area contributed by atoms with Gasteiger partial charge in [-0.2, -0.15) is 0 Å². The molecule has 1 unspecified atom stereocenters. The Morgan fingerprint density at radius 1 is 1.24 bits per heavy atom. The number of allylic oxidation sites excluding steroid dienone is 2. The van der Waals surface area contributed by atoms with Crippen molar-refractivity contribution in [3.8, 4) is 0 Å². The quantitative estimate of drug-likeness (QED) is 0.776. The Morgan fingerprint density at radius 2 is 1.92 bits per heavy atom. The first kappa shape index (κ1) is 18.3. The van der Waals surface area contributed by atoms with Gasteiger partial charge in [0, 0.05) is 6.04 Å². The highest BCUT2D eigenvalue weighted by molar-refractivity contribution is 6.00. The van der Waals surface area contributed by atoms with Crippen molar-refractivity contribution in [2.45, 2.75) is 71.0 Å². The summed E-state index contributed by atoms with van der Waals surface area (Å²) in [6, 6.07) is 6.46. The highest BCUT2D eigenvalue weighted by Gasteiger charge is 2.44. The predicted molar refractivity (Wildman–Crippen MR) is 101 cm³/mol. The van der Waals surface area contributed by atoms with Crippen molar-refractivity contribution in [3.05, 3.63) is 46.5 Å². The maximum absolute atomic E-state index is 14.3. The number of carbonyl (C=O) groups excluding carboxylic acids is 1. The van der Waals surface area contributed by atoms with Gasteiger partial charge in [-0.15, -0.1) is 0 Å². The second-order valence-electron chi connectivity index (χ2n) is 8.04. The molecule has 1 spiro atoms. The van der Waals surface area contributed by atoms with Crippen LogP contribution in [-0.2, 0) is 16.6 Å². The number of hydrogen-bond acceptors (Lipinski definition) is 2. The first-order chi connectivity index (χ1) is 11.9. The summed E-state index contributed by atoms with van der Waals surface area (Å²) in [6.07, 6.45) is 3.81. The number of nitrogens with zero attached hydrogens (tertiary/aromatic N) is 1. The fourth-order valence-electron chi connectivity index (χ4n) is 4.41. The topological polar surface area (TPSA) is 20.3 Å². The molecule has 2 aliphatic rings. The molecule has 0 aromatic heterocycles. The van der Waals surface area contributed by atoms with E-state index in [4.69, 9.17) is 0 Å². The van der Waals surface area contributed by atoms with Gasteiger partial charge in [0.2, 0.25) is 0 Å². The van der Waals surface area contributed by atoms with Gasteiger partial charge in [0.15, 0.2) is 5.78 Å². The van der Waals surface area contributed by atoms with Gasteiger partial charge < -0.3 is 4.90 Å². The van der Waals surface area contributed by atoms with E-state index in [0.717, 1.165) is 49.1 Å². The van der Waals surface area contributed by atoms with E-state index < -0.39 is 11.6 Å². The molecule has 25 heavy (non-hydrogen) atoms. The number of halogens is 1. The van der Waals surface area contributed by atoms with Gasteiger partial charge in [-0.1, -0.05) is 30.7 Å². The summed E-state index contributed by atoms with van der Waals surface area (Å²) in [5, 5.41) is 0. The zero-order valence-corrected chi connectivity index (χ0v) is 15.9. The van der Waals surface area contributed by atoms with Crippen LogP contribution in [0.25, 0.3) is 0 Å². The van der Waals surface area contributed by atoms with Crippen LogP contribution in [0.4, 0.5) is 4.39 Å². The second-order valence-corrected chi connectivity index (χ2v) is 8.04. The van der Waals surface area contributed by atoms with E-state index in [-0.39, 0.29) is 5.78 Å². The highest BCUT2D eigenvalue weighted by Crippen LogP contribution is 2.43. The van der Waals surface area contributed by atoms with E-state index in [1.165, 1.54) is 5.56 Å². The normalized spacial score (nSPS) is 21.8. The lowest BCUT2D eigenvalue weighted by atomic mass is 9.68. The van der Waals surface area contributed by atoms with Gasteiger partial charge >= 0.3 is 0 Å². The summed E-state index contributed by atoms with van der Waals surface area (Å²) in [7, 11) is 0. The van der Waals surface area contributed by atoms with Gasteiger partial charge in [0.1, 0.15) is 6.17 Å². The first-order valence-electron chi connectivity index (χ1n) is 9.60. The second kappa shape index (κ2) is 7.03. The van der Waals surface area contributed by atoms with Crippen LogP contribution in [0.3, 0.4) is 0 Å². The molecular weight excluding hydrogens is 313 g/mol. The molecule has 1 aromatic carbocycles. The minimum atomic E-state index is -0.953. The minimum absolute atomic E-state index is 0.219. The molecule has 0 radical (unpaired) electrons. The van der Waals surface area contributed by atoms with Crippen molar-refractivity contribution in [2.75, 3.05) is 13.1 Å². The average Bonchev–Trinajstić information content (AvgIpc) is 2.69. The van der Waals surface area contributed by atoms with Crippen LogP contribution in [0.5, 0.6) is 0 Å². The molecular formula is C22H30FNO. The van der Waals surface area contributed by atoms with Gasteiger partial charge in [-0.3, -0.25) is 4.79 Å². The van der Waals surface area contributed by atoms with Crippen LogP contribution in [0, 0.1) is 0 Å². The van der Waals surface area contributed by atoms with Crippen LogP contribution in [0.15, 0.2) is 29.8 Å². The lowest BCUT2D eigenvalue weighted by Crippen LogP contribution is -2.49. The van der Waals surface area contributed by atoms with Crippen molar-refractivity contribution < 1.29 is 9.18 Å². The number of piperidine rings is 1. The average molecular weight is 343 g/mol. The Kier molecular flexibility index (Phi) is 5.15. The van der Waals surface area contributed by atoms with Gasteiger partial charge in [-0.25, -0.2) is 4.39 Å². The Labute approximate surface area is 151 Å². The van der Waals surface area contributed by atoms with Crippen molar-refractivity contribution >= 4 is 5.78 Å². The largest absolute Gasteiger partial charge is 0.301 e. The third-order valence-electron chi connectivity index (χ3n) is 6.07. The summed E-state index contributed by atoms with van der Waals surface area (Å²) in [5.74, 6) is 0.219. The summed E-state index contributed by atoms with van der Waals surface area (Å²) in [4.78, 5) is 15.6. The zero-order valence-electron chi connectivity index (χ0n) is 15.9. The molecule has 3 rings (SSSR count). The fourth-order valence-corrected chi connectivity index (χ4v) is 4.41. The number of hydrogen-bond donors (Lipinski definition) is 0. The van der Waals surface area contributed by atoms with Gasteiger partial charge in [0.25, 0.3) is 0 Å². The molecule has 1 aliphatic carbocycles. The van der Waals surface area contributed by atoms with Crippen LogP contribution in [0.2, 0.25) is 0 Å². The number of likely N-dealkylation sites (tertiary alicyclic amines) is 1. The molecule has 0 amide bonds. The van der Waals surface area contributed by atoms with Gasteiger partial charge in [-0.05, 0) is 82.3 Å². The number of carbonyl (C=O) groups is 1. The van der Waals surface area contributed by atoms with E-state index in [9.17, 15) is 9.18 Å². The molecule has 0 N–H and O–H groups in total. The molecule has 1 heterocycles. The van der Waals surface area contributed by atoms with Gasteiger partial charge in [0.05, 0.1) is 5.41 Å². The molecule has 1 saturated heterocycles. The summed E-state index contributed by atoms with van der Waals surface area (Å²) < 4.78 is 14.3. The van der Waals surface area contributed by atoms with Crippen molar-refractivity contribution in [1.29, 1.82) is 0 Å². The monoisotopic (exact) mass is 343 g/mol.